The molecule has 4 aromatic rings. The van der Waals surface area contributed by atoms with Crippen molar-refractivity contribution in [1.82, 2.24) is 4.68 Å². The summed E-state index contributed by atoms with van der Waals surface area (Å²) in [6.07, 6.45) is 0. The van der Waals surface area contributed by atoms with E-state index in [1.54, 1.807) is 35.1 Å². The molecule has 0 saturated carbocycles. The molecule has 1 aliphatic heterocycles. The van der Waals surface area contributed by atoms with E-state index in [4.69, 9.17) is 14.8 Å². The van der Waals surface area contributed by atoms with Crippen LogP contribution in [-0.4, -0.2) is 30.5 Å². The molecule has 0 fully saturated rings. The number of carbonyl (C=O) groups excluding carboxylic acids is 1. The Hall–Kier alpha value is -3.49. The Morgan fingerprint density at radius 2 is 1.77 bits per heavy atom. The van der Waals surface area contributed by atoms with Gasteiger partial charge >= 0.3 is 0 Å². The van der Waals surface area contributed by atoms with Gasteiger partial charge in [-0.05, 0) is 41.8 Å². The molecule has 0 bridgehead atoms. The number of fused-ring (bicyclic) bond motifs is 1. The highest BCUT2D eigenvalue weighted by Gasteiger charge is 2.31. The minimum absolute atomic E-state index is 0.132. The standard InChI is InChI=1S/C23H18N4O2S2/c1-26-18-7-4-3-6-17(18)21(22(26)28)25-27-19(20-8-5-13-30-20)14-31-23(27)24-15-9-11-16(29-2)12-10-15/h3-14H,1-2H3. The third-order valence-corrected chi connectivity index (χ3v) is 6.69. The minimum Gasteiger partial charge on any atom is -0.497 e. The number of thiophene rings is 1. The summed E-state index contributed by atoms with van der Waals surface area (Å²) in [6.45, 7) is 0. The number of nitrogens with zero attached hydrogens (tertiary/aromatic N) is 4. The average Bonchev–Trinajstić information content (AvgIpc) is 3.51. The molecule has 31 heavy (non-hydrogen) atoms. The largest absolute Gasteiger partial charge is 0.497 e. The summed E-state index contributed by atoms with van der Waals surface area (Å²) < 4.78 is 7.00. The molecule has 0 spiro atoms. The van der Waals surface area contributed by atoms with Crippen LogP contribution in [0.1, 0.15) is 5.56 Å². The highest BCUT2D eigenvalue weighted by atomic mass is 32.1. The average molecular weight is 447 g/mol. The fourth-order valence-electron chi connectivity index (χ4n) is 3.38. The van der Waals surface area contributed by atoms with E-state index in [-0.39, 0.29) is 5.91 Å². The van der Waals surface area contributed by atoms with E-state index in [0.29, 0.717) is 10.5 Å². The second kappa shape index (κ2) is 7.98. The van der Waals surface area contributed by atoms with Gasteiger partial charge in [0.2, 0.25) is 4.80 Å². The molecule has 0 aliphatic carbocycles. The molecule has 1 amide bonds. The van der Waals surface area contributed by atoms with Gasteiger partial charge in [0.05, 0.1) is 29.1 Å². The Labute approximate surface area is 187 Å². The second-order valence-electron chi connectivity index (χ2n) is 6.83. The van der Waals surface area contributed by atoms with Gasteiger partial charge in [-0.2, -0.15) is 5.10 Å². The Balaban J connectivity index is 1.70. The maximum absolute atomic E-state index is 13.0. The van der Waals surface area contributed by atoms with E-state index < -0.39 is 0 Å². The normalized spacial score (nSPS) is 15.0. The SMILES string of the molecule is COc1ccc(N=c2scc(-c3cccs3)n2N=C2C(=O)N(C)c3ccccc32)cc1. The fourth-order valence-corrected chi connectivity index (χ4v) is 5.02. The van der Waals surface area contributed by atoms with Gasteiger partial charge in [0.25, 0.3) is 5.91 Å². The summed E-state index contributed by atoms with van der Waals surface area (Å²) in [5, 5.41) is 8.86. The van der Waals surface area contributed by atoms with Gasteiger partial charge in [-0.15, -0.1) is 22.7 Å². The van der Waals surface area contributed by atoms with Gasteiger partial charge < -0.3 is 9.64 Å². The van der Waals surface area contributed by atoms with Crippen LogP contribution in [-0.2, 0) is 4.79 Å². The first-order chi connectivity index (χ1) is 15.2. The Morgan fingerprint density at radius 3 is 2.52 bits per heavy atom. The number of benzene rings is 2. The number of hydrogen-bond acceptors (Lipinski definition) is 6. The Morgan fingerprint density at radius 1 is 0.968 bits per heavy atom. The van der Waals surface area contributed by atoms with Gasteiger partial charge in [-0.25, -0.2) is 9.67 Å². The van der Waals surface area contributed by atoms with Crippen LogP contribution in [0.5, 0.6) is 5.75 Å². The summed E-state index contributed by atoms with van der Waals surface area (Å²) in [5.74, 6) is 0.640. The third kappa shape index (κ3) is 3.49. The number of hydrogen-bond donors (Lipinski definition) is 0. The molecule has 0 radical (unpaired) electrons. The molecule has 2 aromatic heterocycles. The predicted octanol–water partition coefficient (Wildman–Crippen LogP) is 4.75. The van der Waals surface area contributed by atoms with Crippen molar-refractivity contribution in [3.8, 4) is 16.3 Å². The molecule has 6 nitrogen and oxygen atoms in total. The summed E-state index contributed by atoms with van der Waals surface area (Å²) in [6, 6.07) is 19.3. The van der Waals surface area contributed by atoms with Crippen LogP contribution in [0.2, 0.25) is 0 Å². The van der Waals surface area contributed by atoms with E-state index in [1.807, 2.05) is 71.4 Å². The first-order valence-electron chi connectivity index (χ1n) is 9.55. The van der Waals surface area contributed by atoms with Gasteiger partial charge in [0, 0.05) is 18.0 Å². The second-order valence-corrected chi connectivity index (χ2v) is 8.62. The molecule has 3 heterocycles. The molecular formula is C23H18N4O2S2. The lowest BCUT2D eigenvalue weighted by molar-refractivity contribution is -0.112. The molecule has 5 rings (SSSR count). The third-order valence-electron chi connectivity index (χ3n) is 4.98. The molecular weight excluding hydrogens is 428 g/mol. The number of ether oxygens (including phenoxy) is 1. The number of methoxy groups -OCH3 is 1. The number of thiazole rings is 1. The zero-order chi connectivity index (χ0) is 21.4. The maximum atomic E-state index is 13.0. The van der Waals surface area contributed by atoms with Crippen LogP contribution in [0.3, 0.4) is 0 Å². The molecule has 1 aliphatic rings. The quantitative estimate of drug-likeness (QED) is 0.454. The molecule has 2 aromatic carbocycles. The van der Waals surface area contributed by atoms with Crippen LogP contribution in [0.25, 0.3) is 10.6 Å². The monoisotopic (exact) mass is 446 g/mol. The van der Waals surface area contributed by atoms with Gasteiger partial charge in [0.15, 0.2) is 5.71 Å². The van der Waals surface area contributed by atoms with Crippen molar-refractivity contribution in [2.45, 2.75) is 0 Å². The van der Waals surface area contributed by atoms with Gasteiger partial charge in [-0.3, -0.25) is 4.79 Å². The first-order valence-corrected chi connectivity index (χ1v) is 11.3. The number of carbonyl (C=O) groups is 1. The summed E-state index contributed by atoms with van der Waals surface area (Å²) in [5.41, 5.74) is 3.77. The van der Waals surface area contributed by atoms with Crippen molar-refractivity contribution >= 4 is 45.7 Å². The van der Waals surface area contributed by atoms with Crippen molar-refractivity contribution in [1.29, 1.82) is 0 Å². The minimum atomic E-state index is -0.132. The van der Waals surface area contributed by atoms with Gasteiger partial charge in [0.1, 0.15) is 5.75 Å². The summed E-state index contributed by atoms with van der Waals surface area (Å²) in [4.78, 5) is 21.1. The smallest absolute Gasteiger partial charge is 0.279 e. The lowest BCUT2D eigenvalue weighted by atomic mass is 10.1. The van der Waals surface area contributed by atoms with Crippen LogP contribution in [0.15, 0.2) is 81.5 Å². The van der Waals surface area contributed by atoms with E-state index in [0.717, 1.165) is 33.3 Å². The van der Waals surface area contributed by atoms with E-state index in [2.05, 4.69) is 0 Å². The number of anilines is 1. The molecule has 154 valence electrons. The van der Waals surface area contributed by atoms with Crippen molar-refractivity contribution < 1.29 is 9.53 Å². The van der Waals surface area contributed by atoms with E-state index in [1.165, 1.54) is 11.3 Å². The van der Waals surface area contributed by atoms with Crippen molar-refractivity contribution in [2.75, 3.05) is 19.1 Å². The summed E-state index contributed by atoms with van der Waals surface area (Å²) in [7, 11) is 3.40. The Bertz CT molecular complexity index is 1350. The lowest BCUT2D eigenvalue weighted by Gasteiger charge is -2.07. The maximum Gasteiger partial charge on any atom is 0.279 e. The molecule has 0 unspecified atom stereocenters. The lowest BCUT2D eigenvalue weighted by Crippen LogP contribution is -2.27. The fraction of sp³-hybridized carbons (Fsp3) is 0.0870. The number of para-hydroxylation sites is 1. The van der Waals surface area contributed by atoms with Crippen molar-refractivity contribution in [2.24, 2.45) is 10.1 Å². The van der Waals surface area contributed by atoms with Crippen LogP contribution in [0.4, 0.5) is 11.4 Å². The number of rotatable bonds is 4. The zero-order valence-corrected chi connectivity index (χ0v) is 18.5. The number of amides is 1. The van der Waals surface area contributed by atoms with Crippen LogP contribution >= 0.6 is 22.7 Å². The molecule has 0 N–H and O–H groups in total. The van der Waals surface area contributed by atoms with Gasteiger partial charge in [-0.1, -0.05) is 24.3 Å². The topological polar surface area (TPSA) is 59.2 Å². The highest BCUT2D eigenvalue weighted by Crippen LogP contribution is 2.30. The van der Waals surface area contributed by atoms with E-state index in [9.17, 15) is 4.79 Å². The van der Waals surface area contributed by atoms with Crippen molar-refractivity contribution in [3.05, 3.63) is 81.8 Å². The number of likely N-dealkylation sites (N-methyl/N-ethyl adjacent to an activating group) is 1. The van der Waals surface area contributed by atoms with Crippen molar-refractivity contribution in [3.63, 3.8) is 0 Å². The highest BCUT2D eigenvalue weighted by molar-refractivity contribution is 7.14. The molecule has 0 saturated heterocycles. The molecule has 8 heteroatoms. The van der Waals surface area contributed by atoms with Crippen LogP contribution < -0.4 is 14.4 Å². The summed E-state index contributed by atoms with van der Waals surface area (Å²) >= 11 is 3.11. The Kier molecular flexibility index (Phi) is 5.01. The zero-order valence-electron chi connectivity index (χ0n) is 16.9. The van der Waals surface area contributed by atoms with E-state index >= 15 is 0 Å². The molecule has 0 atom stereocenters. The van der Waals surface area contributed by atoms with Crippen LogP contribution in [0, 0.1) is 0 Å². The predicted molar refractivity (Wildman–Crippen MR) is 126 cm³/mol. The number of aromatic nitrogens is 1. The first kappa shape index (κ1) is 19.5.